The number of carbonyl (C=O) groups excluding carboxylic acids is 2. The maximum Gasteiger partial charge on any atom is 0.244 e. The van der Waals surface area contributed by atoms with Gasteiger partial charge in [-0.3, -0.25) is 14.9 Å². The van der Waals surface area contributed by atoms with Crippen LogP contribution in [0.4, 0.5) is 10.1 Å². The summed E-state index contributed by atoms with van der Waals surface area (Å²) in [5.74, 6) is -1.94. The van der Waals surface area contributed by atoms with E-state index in [-0.39, 0.29) is 27.9 Å². The van der Waals surface area contributed by atoms with Crippen LogP contribution in [0, 0.1) is 5.82 Å². The van der Waals surface area contributed by atoms with Crippen LogP contribution in [0.5, 0.6) is 0 Å². The van der Waals surface area contributed by atoms with E-state index in [0.717, 1.165) is 12.1 Å². The van der Waals surface area contributed by atoms with Crippen LogP contribution in [0.3, 0.4) is 0 Å². The minimum Gasteiger partial charge on any atom is -0.396 e. The smallest absolute Gasteiger partial charge is 0.244 e. The van der Waals surface area contributed by atoms with E-state index in [4.69, 9.17) is 5.73 Å². The molecule has 0 aliphatic carbocycles. The van der Waals surface area contributed by atoms with E-state index < -0.39 is 33.7 Å². The van der Waals surface area contributed by atoms with E-state index in [0.29, 0.717) is 0 Å². The zero-order chi connectivity index (χ0) is 15.8. The van der Waals surface area contributed by atoms with Gasteiger partial charge in [-0.05, 0) is 34.5 Å². The number of halogens is 2. The molecule has 1 aromatic carbocycles. The summed E-state index contributed by atoms with van der Waals surface area (Å²) in [6.45, 7) is 0. The van der Waals surface area contributed by atoms with Gasteiger partial charge in [0.15, 0.2) is 0 Å². The molecule has 0 spiro atoms. The van der Waals surface area contributed by atoms with Gasteiger partial charge >= 0.3 is 0 Å². The SMILES string of the molecule is Nc1cc(S(=O)(=O)NC2CCC(=O)NC2=O)c(Br)cc1F. The van der Waals surface area contributed by atoms with E-state index in [1.807, 2.05) is 5.32 Å². The van der Waals surface area contributed by atoms with Crippen LogP contribution in [-0.2, 0) is 19.6 Å². The first-order chi connectivity index (χ1) is 9.70. The Hall–Kier alpha value is -1.52. The molecule has 1 aliphatic heterocycles. The summed E-state index contributed by atoms with van der Waals surface area (Å²) in [5.41, 5.74) is 5.02. The Morgan fingerprint density at radius 3 is 2.67 bits per heavy atom. The number of piperidine rings is 1. The van der Waals surface area contributed by atoms with Gasteiger partial charge in [0.05, 0.1) is 10.6 Å². The first-order valence-corrected chi connectivity index (χ1v) is 8.09. The number of sulfonamides is 1. The van der Waals surface area contributed by atoms with Gasteiger partial charge in [0.1, 0.15) is 11.9 Å². The van der Waals surface area contributed by atoms with Crippen LogP contribution in [-0.4, -0.2) is 26.3 Å². The number of imide groups is 1. The molecule has 1 unspecified atom stereocenters. The number of nitrogens with two attached hydrogens (primary N) is 1. The molecular weight excluding hydrogens is 369 g/mol. The summed E-state index contributed by atoms with van der Waals surface area (Å²) in [6, 6.07) is 0.813. The monoisotopic (exact) mass is 379 g/mol. The average Bonchev–Trinajstić information content (AvgIpc) is 2.37. The van der Waals surface area contributed by atoms with Gasteiger partial charge in [0.25, 0.3) is 0 Å². The van der Waals surface area contributed by atoms with Crippen molar-refractivity contribution >= 4 is 43.5 Å². The van der Waals surface area contributed by atoms with Crippen LogP contribution in [0.1, 0.15) is 12.8 Å². The Morgan fingerprint density at radius 2 is 2.05 bits per heavy atom. The second kappa shape index (κ2) is 5.70. The van der Waals surface area contributed by atoms with Gasteiger partial charge < -0.3 is 5.73 Å². The minimum atomic E-state index is -4.10. The highest BCUT2D eigenvalue weighted by atomic mass is 79.9. The molecule has 1 atom stereocenters. The largest absolute Gasteiger partial charge is 0.396 e. The maximum atomic E-state index is 13.2. The molecule has 0 bridgehead atoms. The molecule has 1 saturated heterocycles. The van der Waals surface area contributed by atoms with Crippen molar-refractivity contribution in [1.29, 1.82) is 0 Å². The Balaban J connectivity index is 2.29. The summed E-state index contributed by atoms with van der Waals surface area (Å²) in [7, 11) is -4.10. The number of carbonyl (C=O) groups is 2. The second-order valence-electron chi connectivity index (χ2n) is 4.43. The third-order valence-electron chi connectivity index (χ3n) is 2.88. The minimum absolute atomic E-state index is 0.0195. The fourth-order valence-corrected chi connectivity index (χ4v) is 4.09. The van der Waals surface area contributed by atoms with E-state index in [1.54, 1.807) is 0 Å². The first-order valence-electron chi connectivity index (χ1n) is 5.81. The van der Waals surface area contributed by atoms with E-state index >= 15 is 0 Å². The number of amides is 2. The topological polar surface area (TPSA) is 118 Å². The highest BCUT2D eigenvalue weighted by molar-refractivity contribution is 9.10. The zero-order valence-electron chi connectivity index (χ0n) is 10.5. The third kappa shape index (κ3) is 3.39. The first kappa shape index (κ1) is 15.9. The molecule has 1 aliphatic rings. The Bertz CT molecular complexity index is 722. The fourth-order valence-electron chi connectivity index (χ4n) is 1.81. The molecular formula is C11H11BrFN3O4S. The number of hydrogen-bond acceptors (Lipinski definition) is 5. The number of nitrogens with one attached hydrogen (secondary N) is 2. The van der Waals surface area contributed by atoms with Crippen LogP contribution in [0.2, 0.25) is 0 Å². The number of rotatable bonds is 3. The van der Waals surface area contributed by atoms with Gasteiger partial charge in [-0.1, -0.05) is 0 Å². The predicted octanol–water partition coefficient (Wildman–Crippen LogP) is 0.254. The quantitative estimate of drug-likeness (QED) is 0.513. The van der Waals surface area contributed by atoms with Crippen LogP contribution in [0.25, 0.3) is 0 Å². The van der Waals surface area contributed by atoms with Crippen LogP contribution in [0.15, 0.2) is 21.5 Å². The lowest BCUT2D eigenvalue weighted by atomic mass is 10.1. The van der Waals surface area contributed by atoms with E-state index in [9.17, 15) is 22.4 Å². The predicted molar refractivity (Wildman–Crippen MR) is 75.0 cm³/mol. The maximum absolute atomic E-state index is 13.2. The lowest BCUT2D eigenvalue weighted by Crippen LogP contribution is -2.52. The normalized spacial score (nSPS) is 19.4. The Labute approximate surface area is 128 Å². The molecule has 7 nitrogen and oxygen atoms in total. The Kier molecular flexibility index (Phi) is 4.30. The van der Waals surface area contributed by atoms with Gasteiger partial charge in [-0.2, -0.15) is 4.72 Å². The van der Waals surface area contributed by atoms with Crippen LogP contribution < -0.4 is 15.8 Å². The van der Waals surface area contributed by atoms with Crippen molar-refractivity contribution < 1.29 is 22.4 Å². The van der Waals surface area contributed by atoms with E-state index in [1.165, 1.54) is 0 Å². The molecule has 2 rings (SSSR count). The van der Waals surface area contributed by atoms with Crippen molar-refractivity contribution in [3.8, 4) is 0 Å². The fraction of sp³-hybridized carbons (Fsp3) is 0.273. The van der Waals surface area contributed by atoms with Gasteiger partial charge in [0.2, 0.25) is 21.8 Å². The van der Waals surface area contributed by atoms with Gasteiger partial charge in [-0.25, -0.2) is 12.8 Å². The molecule has 1 heterocycles. The van der Waals surface area contributed by atoms with Crippen molar-refractivity contribution in [1.82, 2.24) is 10.0 Å². The van der Waals surface area contributed by atoms with Crippen molar-refractivity contribution in [3.05, 3.63) is 22.4 Å². The van der Waals surface area contributed by atoms with Crippen molar-refractivity contribution in [2.75, 3.05) is 5.73 Å². The lowest BCUT2D eigenvalue weighted by Gasteiger charge is -2.22. The molecule has 0 saturated carbocycles. The second-order valence-corrected chi connectivity index (χ2v) is 6.97. The number of anilines is 1. The molecule has 114 valence electrons. The summed E-state index contributed by atoms with van der Waals surface area (Å²) in [5, 5.41) is 2.04. The standard InChI is InChI=1S/C11H11BrFN3O4S/c12-5-3-6(13)7(14)4-9(5)21(19,20)16-8-1-2-10(17)15-11(8)18/h3-4,8,16H,1-2,14H2,(H,15,17,18). The summed E-state index contributed by atoms with van der Waals surface area (Å²) in [4.78, 5) is 22.3. The molecule has 1 aromatic rings. The number of hydrogen-bond donors (Lipinski definition) is 3. The molecule has 21 heavy (non-hydrogen) atoms. The highest BCUT2D eigenvalue weighted by Gasteiger charge is 2.31. The van der Waals surface area contributed by atoms with E-state index in [2.05, 4.69) is 20.7 Å². The highest BCUT2D eigenvalue weighted by Crippen LogP contribution is 2.27. The summed E-state index contributed by atoms with van der Waals surface area (Å²) in [6.07, 6.45) is 0.0871. The third-order valence-corrected chi connectivity index (χ3v) is 5.31. The molecule has 1 fully saturated rings. The lowest BCUT2D eigenvalue weighted by molar-refractivity contribution is -0.134. The molecule has 2 amide bonds. The summed E-state index contributed by atoms with van der Waals surface area (Å²) >= 11 is 2.94. The Morgan fingerprint density at radius 1 is 1.38 bits per heavy atom. The molecule has 0 aromatic heterocycles. The van der Waals surface area contributed by atoms with Crippen LogP contribution >= 0.6 is 15.9 Å². The zero-order valence-corrected chi connectivity index (χ0v) is 12.9. The van der Waals surface area contributed by atoms with Crippen molar-refractivity contribution in [3.63, 3.8) is 0 Å². The molecule has 0 radical (unpaired) electrons. The molecule has 10 heteroatoms. The van der Waals surface area contributed by atoms with Gasteiger partial charge in [0, 0.05) is 10.9 Å². The van der Waals surface area contributed by atoms with Gasteiger partial charge in [-0.15, -0.1) is 0 Å². The number of benzene rings is 1. The number of nitrogen functional groups attached to an aromatic ring is 1. The van der Waals surface area contributed by atoms with Crippen molar-refractivity contribution in [2.24, 2.45) is 0 Å². The molecule has 4 N–H and O–H groups in total. The van der Waals surface area contributed by atoms with Crippen molar-refractivity contribution in [2.45, 2.75) is 23.8 Å². The average molecular weight is 380 g/mol. The summed E-state index contributed by atoms with van der Waals surface area (Å²) < 4.78 is 39.8.